The van der Waals surface area contributed by atoms with Gasteiger partial charge in [-0.25, -0.2) is 0 Å². The average molecular weight is 330 g/mol. The molecule has 0 unspecified atom stereocenters. The van der Waals surface area contributed by atoms with Gasteiger partial charge in [-0.1, -0.05) is 6.07 Å². The molecule has 0 radical (unpaired) electrons. The van der Waals surface area contributed by atoms with Crippen molar-refractivity contribution in [3.05, 3.63) is 29.3 Å². The highest BCUT2D eigenvalue weighted by Crippen LogP contribution is 2.40. The lowest BCUT2D eigenvalue weighted by molar-refractivity contribution is -0.138. The van der Waals surface area contributed by atoms with Gasteiger partial charge in [-0.05, 0) is 50.7 Å². The number of benzene rings is 1. The third-order valence-corrected chi connectivity index (χ3v) is 5.78. The van der Waals surface area contributed by atoms with Crippen LogP contribution in [-0.4, -0.2) is 52.9 Å². The summed E-state index contributed by atoms with van der Waals surface area (Å²) in [5.74, 6) is 0.424. The smallest absolute Gasteiger partial charge is 0.254 e. The van der Waals surface area contributed by atoms with E-state index < -0.39 is 0 Å². The van der Waals surface area contributed by atoms with Crippen molar-refractivity contribution in [1.82, 2.24) is 9.80 Å². The number of carbonyl (C=O) groups excluding carboxylic acids is 2. The quantitative estimate of drug-likeness (QED) is 0.906. The van der Waals surface area contributed by atoms with E-state index in [2.05, 4.69) is 0 Å². The van der Waals surface area contributed by atoms with Crippen LogP contribution in [-0.2, 0) is 4.79 Å². The summed E-state index contributed by atoms with van der Waals surface area (Å²) in [4.78, 5) is 28.5. The van der Waals surface area contributed by atoms with Crippen LogP contribution in [0.25, 0.3) is 0 Å². The summed E-state index contributed by atoms with van der Waals surface area (Å²) in [6, 6.07) is 5.10. The van der Waals surface area contributed by atoms with Gasteiger partial charge in [0.05, 0.1) is 0 Å². The van der Waals surface area contributed by atoms with Crippen molar-refractivity contribution >= 4 is 11.8 Å². The van der Waals surface area contributed by atoms with Crippen LogP contribution < -0.4 is 0 Å². The molecule has 24 heavy (non-hydrogen) atoms. The molecule has 5 nitrogen and oxygen atoms in total. The number of piperidine rings is 2. The molecule has 1 N–H and O–H groups in total. The molecule has 0 bridgehead atoms. The van der Waals surface area contributed by atoms with Crippen molar-refractivity contribution < 1.29 is 14.7 Å². The minimum absolute atomic E-state index is 0.00233. The molecule has 130 valence electrons. The zero-order valence-electron chi connectivity index (χ0n) is 14.5. The highest BCUT2D eigenvalue weighted by Gasteiger charge is 2.41. The molecule has 5 heteroatoms. The number of hydrogen-bond acceptors (Lipinski definition) is 3. The minimum atomic E-state index is -0.00233. The molecule has 0 aliphatic carbocycles. The third-order valence-electron chi connectivity index (χ3n) is 5.78. The number of rotatable bonds is 2. The van der Waals surface area contributed by atoms with Crippen molar-refractivity contribution in [2.45, 2.75) is 39.5 Å². The Morgan fingerprint density at radius 3 is 2.62 bits per heavy atom. The van der Waals surface area contributed by atoms with Gasteiger partial charge in [0.2, 0.25) is 5.91 Å². The number of aromatic hydroxyl groups is 1. The summed E-state index contributed by atoms with van der Waals surface area (Å²) in [6.07, 6.45) is 3.46. The minimum Gasteiger partial charge on any atom is -0.508 e. The Hall–Kier alpha value is -2.04. The van der Waals surface area contributed by atoms with Crippen molar-refractivity contribution in [2.75, 3.05) is 26.2 Å². The van der Waals surface area contributed by atoms with Gasteiger partial charge in [-0.15, -0.1) is 0 Å². The molecule has 2 saturated heterocycles. The standard InChI is InChI=1S/C19H26N2O3/c1-3-20-13-19(8-7-17(20)23)9-11-21(12-10-19)18(24)15-5-4-6-16(22)14(15)2/h4-6,22H,3,7-13H2,1-2H3. The van der Waals surface area contributed by atoms with Gasteiger partial charge in [-0.3, -0.25) is 9.59 Å². The Bertz CT molecular complexity index is 648. The summed E-state index contributed by atoms with van der Waals surface area (Å²) in [6.45, 7) is 6.85. The Morgan fingerprint density at radius 1 is 1.25 bits per heavy atom. The number of carbonyl (C=O) groups is 2. The van der Waals surface area contributed by atoms with Crippen LogP contribution in [0.4, 0.5) is 0 Å². The highest BCUT2D eigenvalue weighted by atomic mass is 16.3. The van der Waals surface area contributed by atoms with Gasteiger partial charge in [0.15, 0.2) is 0 Å². The summed E-state index contributed by atoms with van der Waals surface area (Å²) >= 11 is 0. The summed E-state index contributed by atoms with van der Waals surface area (Å²) in [5.41, 5.74) is 1.40. The molecule has 0 saturated carbocycles. The van der Waals surface area contributed by atoms with Crippen LogP contribution >= 0.6 is 0 Å². The normalized spacial score (nSPS) is 20.5. The van der Waals surface area contributed by atoms with Crippen LogP contribution in [0.15, 0.2) is 18.2 Å². The van der Waals surface area contributed by atoms with E-state index >= 15 is 0 Å². The van der Waals surface area contributed by atoms with Gasteiger partial charge in [-0.2, -0.15) is 0 Å². The SMILES string of the molecule is CCN1CC2(CCC1=O)CCN(C(=O)c1cccc(O)c1C)CC2. The molecule has 2 aliphatic heterocycles. The molecule has 0 aromatic heterocycles. The molecule has 2 amide bonds. The van der Waals surface area contributed by atoms with Crippen molar-refractivity contribution in [3.63, 3.8) is 0 Å². The Labute approximate surface area is 143 Å². The number of phenolic OH excluding ortho intramolecular Hbond substituents is 1. The lowest BCUT2D eigenvalue weighted by atomic mass is 9.72. The zero-order chi connectivity index (χ0) is 17.3. The molecule has 3 rings (SSSR count). The largest absolute Gasteiger partial charge is 0.508 e. The molecular formula is C19H26N2O3. The molecule has 0 atom stereocenters. The van der Waals surface area contributed by atoms with E-state index in [9.17, 15) is 14.7 Å². The second-order valence-corrected chi connectivity index (χ2v) is 7.15. The molecule has 1 spiro atoms. The number of likely N-dealkylation sites (tertiary alicyclic amines) is 2. The molecule has 2 aliphatic rings. The first-order valence-electron chi connectivity index (χ1n) is 8.81. The first-order valence-corrected chi connectivity index (χ1v) is 8.81. The van der Waals surface area contributed by atoms with E-state index in [1.165, 1.54) is 0 Å². The monoisotopic (exact) mass is 330 g/mol. The van der Waals surface area contributed by atoms with Crippen LogP contribution in [0, 0.1) is 12.3 Å². The van der Waals surface area contributed by atoms with Crippen molar-refractivity contribution in [2.24, 2.45) is 5.41 Å². The van der Waals surface area contributed by atoms with Gasteiger partial charge in [0.1, 0.15) is 5.75 Å². The third kappa shape index (κ3) is 2.99. The molecule has 2 heterocycles. The number of amides is 2. The highest BCUT2D eigenvalue weighted by molar-refractivity contribution is 5.96. The van der Waals surface area contributed by atoms with Gasteiger partial charge in [0.25, 0.3) is 5.91 Å². The van der Waals surface area contributed by atoms with Crippen molar-refractivity contribution in [3.8, 4) is 5.75 Å². The van der Waals surface area contributed by atoms with E-state index in [0.717, 1.165) is 45.4 Å². The zero-order valence-corrected chi connectivity index (χ0v) is 14.5. The molecule has 2 fully saturated rings. The molecule has 1 aromatic carbocycles. The van der Waals surface area contributed by atoms with E-state index in [4.69, 9.17) is 0 Å². The van der Waals surface area contributed by atoms with Gasteiger partial charge >= 0.3 is 0 Å². The summed E-state index contributed by atoms with van der Waals surface area (Å²) in [7, 11) is 0. The Morgan fingerprint density at radius 2 is 1.96 bits per heavy atom. The Kier molecular flexibility index (Phi) is 4.52. The fourth-order valence-electron chi connectivity index (χ4n) is 4.01. The molecular weight excluding hydrogens is 304 g/mol. The number of nitrogens with zero attached hydrogens (tertiary/aromatic N) is 2. The van der Waals surface area contributed by atoms with Gasteiger partial charge in [0, 0.05) is 43.7 Å². The Balaban J connectivity index is 1.68. The maximum atomic E-state index is 12.8. The van der Waals surface area contributed by atoms with Crippen LogP contribution in [0.5, 0.6) is 5.75 Å². The predicted octanol–water partition coefficient (Wildman–Crippen LogP) is 2.57. The van der Waals surface area contributed by atoms with E-state index in [1.807, 2.05) is 16.7 Å². The van der Waals surface area contributed by atoms with E-state index in [1.54, 1.807) is 25.1 Å². The first-order chi connectivity index (χ1) is 11.5. The second-order valence-electron chi connectivity index (χ2n) is 7.15. The fraction of sp³-hybridized carbons (Fsp3) is 0.579. The number of phenols is 1. The van der Waals surface area contributed by atoms with Crippen molar-refractivity contribution in [1.29, 1.82) is 0 Å². The summed E-state index contributed by atoms with van der Waals surface area (Å²) < 4.78 is 0. The second kappa shape index (κ2) is 6.46. The number of hydrogen-bond donors (Lipinski definition) is 1. The average Bonchev–Trinajstić information content (AvgIpc) is 2.60. The van der Waals surface area contributed by atoms with E-state index in [-0.39, 0.29) is 23.0 Å². The maximum Gasteiger partial charge on any atom is 0.254 e. The first kappa shape index (κ1) is 16.8. The van der Waals surface area contributed by atoms with Crippen LogP contribution in [0.3, 0.4) is 0 Å². The molecule has 1 aromatic rings. The predicted molar refractivity (Wildman–Crippen MR) is 91.9 cm³/mol. The van der Waals surface area contributed by atoms with Gasteiger partial charge < -0.3 is 14.9 Å². The fourth-order valence-corrected chi connectivity index (χ4v) is 4.01. The van der Waals surface area contributed by atoms with E-state index in [0.29, 0.717) is 17.5 Å². The lowest BCUT2D eigenvalue weighted by Crippen LogP contribution is -2.52. The van der Waals surface area contributed by atoms with Crippen LogP contribution in [0.2, 0.25) is 0 Å². The lowest BCUT2D eigenvalue weighted by Gasteiger charge is -2.47. The maximum absolute atomic E-state index is 12.8. The topological polar surface area (TPSA) is 60.9 Å². The summed E-state index contributed by atoms with van der Waals surface area (Å²) in [5, 5.41) is 9.82. The van der Waals surface area contributed by atoms with Crippen LogP contribution in [0.1, 0.15) is 48.5 Å².